The van der Waals surface area contributed by atoms with Crippen molar-refractivity contribution in [1.29, 1.82) is 0 Å². The van der Waals surface area contributed by atoms with Gasteiger partial charge in [0.2, 0.25) is 0 Å². The second-order valence-corrected chi connectivity index (χ2v) is 6.63. The molecule has 0 saturated heterocycles. The molecular formula is C21H20O4S. The summed E-state index contributed by atoms with van der Waals surface area (Å²) in [5, 5.41) is 14.2. The fraction of sp³-hybridized carbons (Fsp3) is 0.190. The Morgan fingerprint density at radius 3 is 2.73 bits per heavy atom. The quantitative estimate of drug-likeness (QED) is 0.293. The van der Waals surface area contributed by atoms with Crippen LogP contribution < -0.4 is 4.74 Å². The van der Waals surface area contributed by atoms with E-state index in [1.807, 2.05) is 36.6 Å². The summed E-state index contributed by atoms with van der Waals surface area (Å²) in [5.74, 6) is 0.168. The number of benzene rings is 3. The van der Waals surface area contributed by atoms with E-state index in [0.29, 0.717) is 0 Å². The summed E-state index contributed by atoms with van der Waals surface area (Å²) in [6.45, 7) is 3.22. The number of thioether (sulfide) groups is 1. The maximum absolute atomic E-state index is 11.1. The third-order valence-electron chi connectivity index (χ3n) is 4.03. The van der Waals surface area contributed by atoms with Gasteiger partial charge in [0.25, 0.3) is 0 Å². The number of ether oxygens (including phenoxy) is 2. The minimum atomic E-state index is -0.922. The van der Waals surface area contributed by atoms with E-state index >= 15 is 0 Å². The second-order valence-electron chi connectivity index (χ2n) is 5.78. The number of aliphatic hydroxyl groups excluding tert-OH is 1. The third-order valence-corrected chi connectivity index (χ3v) is 4.81. The molecule has 3 rings (SSSR count). The van der Waals surface area contributed by atoms with Crippen molar-refractivity contribution in [2.45, 2.75) is 11.0 Å². The van der Waals surface area contributed by atoms with Crippen LogP contribution in [0.25, 0.3) is 21.5 Å². The Kier molecular flexibility index (Phi) is 5.81. The Hall–Kier alpha value is -2.50. The third kappa shape index (κ3) is 3.84. The van der Waals surface area contributed by atoms with Crippen LogP contribution in [0, 0.1) is 0 Å². The molecule has 1 atom stereocenters. The lowest BCUT2D eigenvalue weighted by molar-refractivity contribution is -0.141. The predicted molar refractivity (Wildman–Crippen MR) is 106 cm³/mol. The van der Waals surface area contributed by atoms with Gasteiger partial charge in [-0.1, -0.05) is 43.0 Å². The number of carbonyl (C=O) groups is 1. The van der Waals surface area contributed by atoms with Gasteiger partial charge < -0.3 is 14.6 Å². The number of aliphatic hydroxyl groups is 1. The summed E-state index contributed by atoms with van der Waals surface area (Å²) < 4.78 is 10.9. The minimum Gasteiger partial charge on any atom is -0.489 e. The van der Waals surface area contributed by atoms with Gasteiger partial charge in [0.05, 0.1) is 0 Å². The van der Waals surface area contributed by atoms with Crippen LogP contribution in [-0.2, 0) is 9.53 Å². The number of hydrogen-bond donors (Lipinski definition) is 1. The number of esters is 1. The van der Waals surface area contributed by atoms with Crippen LogP contribution in [0.3, 0.4) is 0 Å². The Bertz CT molecular complexity index is 951. The van der Waals surface area contributed by atoms with Gasteiger partial charge in [-0.25, -0.2) is 4.79 Å². The summed E-state index contributed by atoms with van der Waals surface area (Å²) in [6, 6.07) is 16.3. The molecule has 0 bridgehead atoms. The SMILES string of the molecule is C=CC(=O)OCC(O)COc1c2ccccc2cc2cccc(SC)c12. The number of hydrogen-bond acceptors (Lipinski definition) is 5. The average Bonchev–Trinajstić information content (AvgIpc) is 2.68. The van der Waals surface area contributed by atoms with Gasteiger partial charge in [-0.05, 0) is 29.2 Å². The highest BCUT2D eigenvalue weighted by atomic mass is 32.2. The van der Waals surface area contributed by atoms with E-state index in [4.69, 9.17) is 9.47 Å². The highest BCUT2D eigenvalue weighted by molar-refractivity contribution is 7.98. The lowest BCUT2D eigenvalue weighted by Crippen LogP contribution is -2.24. The Morgan fingerprint density at radius 1 is 1.19 bits per heavy atom. The van der Waals surface area contributed by atoms with Gasteiger partial charge in [0, 0.05) is 21.7 Å². The normalized spacial score (nSPS) is 12.1. The van der Waals surface area contributed by atoms with Gasteiger partial charge in [-0.15, -0.1) is 11.8 Å². The molecule has 0 aliphatic carbocycles. The largest absolute Gasteiger partial charge is 0.489 e. The molecule has 0 spiro atoms. The number of rotatable bonds is 7. The maximum Gasteiger partial charge on any atom is 0.330 e. The monoisotopic (exact) mass is 368 g/mol. The van der Waals surface area contributed by atoms with Crippen LogP contribution >= 0.6 is 11.8 Å². The fourth-order valence-corrected chi connectivity index (χ4v) is 3.46. The van der Waals surface area contributed by atoms with Crippen molar-refractivity contribution in [1.82, 2.24) is 0 Å². The molecule has 0 heterocycles. The first kappa shape index (κ1) is 18.3. The highest BCUT2D eigenvalue weighted by Gasteiger charge is 2.15. The van der Waals surface area contributed by atoms with Gasteiger partial charge in [0.1, 0.15) is 25.1 Å². The fourth-order valence-electron chi connectivity index (χ4n) is 2.83. The zero-order chi connectivity index (χ0) is 18.5. The van der Waals surface area contributed by atoms with E-state index in [0.717, 1.165) is 38.3 Å². The van der Waals surface area contributed by atoms with E-state index in [1.165, 1.54) is 0 Å². The molecule has 3 aromatic carbocycles. The first-order valence-electron chi connectivity index (χ1n) is 8.22. The summed E-state index contributed by atoms with van der Waals surface area (Å²) >= 11 is 1.65. The van der Waals surface area contributed by atoms with E-state index in [9.17, 15) is 9.90 Å². The van der Waals surface area contributed by atoms with Crippen LogP contribution in [0.1, 0.15) is 0 Å². The number of fused-ring (bicyclic) bond motifs is 2. The van der Waals surface area contributed by atoms with Crippen LogP contribution in [-0.4, -0.2) is 36.6 Å². The van der Waals surface area contributed by atoms with Gasteiger partial charge >= 0.3 is 5.97 Å². The summed E-state index contributed by atoms with van der Waals surface area (Å²) in [5.41, 5.74) is 0. The average molecular weight is 368 g/mol. The summed E-state index contributed by atoms with van der Waals surface area (Å²) in [6.07, 6.45) is 2.17. The smallest absolute Gasteiger partial charge is 0.330 e. The zero-order valence-corrected chi connectivity index (χ0v) is 15.3. The maximum atomic E-state index is 11.1. The minimum absolute atomic E-state index is 0.0241. The first-order chi connectivity index (χ1) is 12.6. The van der Waals surface area contributed by atoms with E-state index < -0.39 is 12.1 Å². The Labute approximate surface area is 156 Å². The molecule has 0 fully saturated rings. The first-order valence-corrected chi connectivity index (χ1v) is 9.45. The molecule has 1 N–H and O–H groups in total. The number of carbonyl (C=O) groups excluding carboxylic acids is 1. The summed E-state index contributed by atoms with van der Waals surface area (Å²) in [4.78, 5) is 12.2. The van der Waals surface area contributed by atoms with Gasteiger partial charge in [0.15, 0.2) is 0 Å². The van der Waals surface area contributed by atoms with Crippen molar-refractivity contribution >= 4 is 39.3 Å². The van der Waals surface area contributed by atoms with Crippen molar-refractivity contribution in [3.05, 3.63) is 61.2 Å². The van der Waals surface area contributed by atoms with Gasteiger partial charge in [-0.3, -0.25) is 0 Å². The van der Waals surface area contributed by atoms with Crippen LogP contribution in [0.5, 0.6) is 5.75 Å². The van der Waals surface area contributed by atoms with Crippen molar-refractivity contribution in [2.75, 3.05) is 19.5 Å². The zero-order valence-electron chi connectivity index (χ0n) is 14.5. The molecule has 0 aromatic heterocycles. The molecule has 5 heteroatoms. The molecule has 3 aromatic rings. The highest BCUT2D eigenvalue weighted by Crippen LogP contribution is 2.39. The molecular weight excluding hydrogens is 348 g/mol. The molecule has 4 nitrogen and oxygen atoms in total. The molecule has 134 valence electrons. The standard InChI is InChI=1S/C21H20O4S/c1-3-19(23)24-12-16(22)13-25-21-17-9-5-4-7-14(17)11-15-8-6-10-18(26-2)20(15)21/h3-11,16,22H,1,12-13H2,2H3. The lowest BCUT2D eigenvalue weighted by Gasteiger charge is -2.17. The van der Waals surface area contributed by atoms with E-state index in [1.54, 1.807) is 11.8 Å². The van der Waals surface area contributed by atoms with Crippen molar-refractivity contribution < 1.29 is 19.4 Å². The summed E-state index contributed by atoms with van der Waals surface area (Å²) in [7, 11) is 0. The molecule has 0 amide bonds. The predicted octanol–water partition coefficient (Wildman–Crippen LogP) is 4.18. The molecule has 0 radical (unpaired) electrons. The van der Waals surface area contributed by atoms with Crippen molar-refractivity contribution in [3.8, 4) is 5.75 Å². The second kappa shape index (κ2) is 8.25. The van der Waals surface area contributed by atoms with E-state index in [2.05, 4.69) is 24.8 Å². The van der Waals surface area contributed by atoms with Crippen LogP contribution in [0.4, 0.5) is 0 Å². The van der Waals surface area contributed by atoms with Crippen molar-refractivity contribution in [3.63, 3.8) is 0 Å². The molecule has 1 unspecified atom stereocenters. The lowest BCUT2D eigenvalue weighted by atomic mass is 10.0. The topological polar surface area (TPSA) is 55.8 Å². The molecule has 26 heavy (non-hydrogen) atoms. The van der Waals surface area contributed by atoms with Crippen molar-refractivity contribution in [2.24, 2.45) is 0 Å². The Balaban J connectivity index is 1.96. The van der Waals surface area contributed by atoms with Gasteiger partial charge in [-0.2, -0.15) is 0 Å². The Morgan fingerprint density at radius 2 is 1.96 bits per heavy atom. The van der Waals surface area contributed by atoms with E-state index in [-0.39, 0.29) is 13.2 Å². The molecule has 0 aliphatic heterocycles. The molecule has 0 aliphatic rings. The van der Waals surface area contributed by atoms with Crippen LogP contribution in [0.15, 0.2) is 66.1 Å². The van der Waals surface area contributed by atoms with Crippen LogP contribution in [0.2, 0.25) is 0 Å². The molecule has 0 saturated carbocycles.